The highest BCUT2D eigenvalue weighted by atomic mass is 127. The molecule has 0 spiro atoms. The van der Waals surface area contributed by atoms with Gasteiger partial charge < -0.3 is 10.6 Å². The zero-order valence-electron chi connectivity index (χ0n) is 13.7. The molecule has 5 nitrogen and oxygen atoms in total. The highest BCUT2D eigenvalue weighted by molar-refractivity contribution is 14.0. The lowest BCUT2D eigenvalue weighted by molar-refractivity contribution is 0.501. The first kappa shape index (κ1) is 19.2. The van der Waals surface area contributed by atoms with Crippen molar-refractivity contribution in [2.75, 3.05) is 6.54 Å². The summed E-state index contributed by atoms with van der Waals surface area (Å²) >= 11 is 0. The lowest BCUT2D eigenvalue weighted by Crippen LogP contribution is -2.47. The number of aromatic nitrogens is 2. The van der Waals surface area contributed by atoms with Gasteiger partial charge in [0.1, 0.15) is 0 Å². The SMILES string of the molecule is CCNC(=NCc1c(C)nn(C)c1C)NC(C)(C)C.I. The van der Waals surface area contributed by atoms with E-state index in [0.717, 1.165) is 18.2 Å². The molecular weight excluding hydrogens is 365 g/mol. The van der Waals surface area contributed by atoms with E-state index < -0.39 is 0 Å². The van der Waals surface area contributed by atoms with Gasteiger partial charge >= 0.3 is 0 Å². The molecule has 2 N–H and O–H groups in total. The van der Waals surface area contributed by atoms with E-state index in [1.807, 2.05) is 18.7 Å². The second kappa shape index (κ2) is 7.85. The topological polar surface area (TPSA) is 54.2 Å². The maximum Gasteiger partial charge on any atom is 0.191 e. The fourth-order valence-corrected chi connectivity index (χ4v) is 1.87. The molecule has 0 aliphatic heterocycles. The van der Waals surface area contributed by atoms with Crippen molar-refractivity contribution in [1.29, 1.82) is 0 Å². The van der Waals surface area contributed by atoms with Gasteiger partial charge in [-0.1, -0.05) is 0 Å². The summed E-state index contributed by atoms with van der Waals surface area (Å²) in [4.78, 5) is 4.65. The van der Waals surface area contributed by atoms with E-state index in [4.69, 9.17) is 0 Å². The van der Waals surface area contributed by atoms with E-state index in [0.29, 0.717) is 6.54 Å². The maximum absolute atomic E-state index is 4.65. The summed E-state index contributed by atoms with van der Waals surface area (Å²) in [5.41, 5.74) is 3.43. The third-order valence-electron chi connectivity index (χ3n) is 2.89. The molecule has 1 rings (SSSR count). The Morgan fingerprint density at radius 3 is 2.30 bits per heavy atom. The molecule has 0 aliphatic carbocycles. The van der Waals surface area contributed by atoms with Crippen molar-refractivity contribution < 1.29 is 0 Å². The van der Waals surface area contributed by atoms with E-state index in [-0.39, 0.29) is 29.5 Å². The number of rotatable bonds is 3. The number of nitrogens with one attached hydrogen (secondary N) is 2. The van der Waals surface area contributed by atoms with Crippen molar-refractivity contribution in [1.82, 2.24) is 20.4 Å². The van der Waals surface area contributed by atoms with Crippen molar-refractivity contribution in [3.8, 4) is 0 Å². The quantitative estimate of drug-likeness (QED) is 0.472. The summed E-state index contributed by atoms with van der Waals surface area (Å²) in [5, 5.41) is 11.1. The zero-order chi connectivity index (χ0) is 14.6. The lowest BCUT2D eigenvalue weighted by atomic mass is 10.1. The molecule has 0 amide bonds. The van der Waals surface area contributed by atoms with Gasteiger partial charge in [-0.2, -0.15) is 5.10 Å². The summed E-state index contributed by atoms with van der Waals surface area (Å²) in [6, 6.07) is 0. The van der Waals surface area contributed by atoms with Crippen LogP contribution < -0.4 is 10.6 Å². The van der Waals surface area contributed by atoms with Gasteiger partial charge in [-0.05, 0) is 41.5 Å². The Balaban J connectivity index is 0.00000361. The van der Waals surface area contributed by atoms with Gasteiger partial charge in [-0.15, -0.1) is 24.0 Å². The predicted molar refractivity (Wildman–Crippen MR) is 95.8 cm³/mol. The van der Waals surface area contributed by atoms with E-state index in [9.17, 15) is 0 Å². The molecule has 6 heteroatoms. The van der Waals surface area contributed by atoms with Gasteiger partial charge in [-0.25, -0.2) is 4.99 Å². The Kier molecular flexibility index (Phi) is 7.54. The van der Waals surface area contributed by atoms with E-state index in [1.54, 1.807) is 0 Å². The lowest BCUT2D eigenvalue weighted by Gasteiger charge is -2.23. The van der Waals surface area contributed by atoms with Crippen molar-refractivity contribution >= 4 is 29.9 Å². The Labute approximate surface area is 139 Å². The van der Waals surface area contributed by atoms with Crippen LogP contribution in [-0.4, -0.2) is 27.8 Å². The number of hydrogen-bond acceptors (Lipinski definition) is 2. The van der Waals surface area contributed by atoms with Crippen molar-refractivity contribution in [2.24, 2.45) is 12.0 Å². The van der Waals surface area contributed by atoms with Crippen LogP contribution >= 0.6 is 24.0 Å². The van der Waals surface area contributed by atoms with Crippen LogP contribution in [0, 0.1) is 13.8 Å². The van der Waals surface area contributed by atoms with Crippen LogP contribution in [0.5, 0.6) is 0 Å². The van der Waals surface area contributed by atoms with E-state index in [1.165, 1.54) is 11.3 Å². The summed E-state index contributed by atoms with van der Waals surface area (Å²) in [5.74, 6) is 0.845. The monoisotopic (exact) mass is 393 g/mol. The Morgan fingerprint density at radius 1 is 1.30 bits per heavy atom. The highest BCUT2D eigenvalue weighted by Crippen LogP contribution is 2.12. The van der Waals surface area contributed by atoms with E-state index in [2.05, 4.69) is 55.3 Å². The predicted octanol–water partition coefficient (Wildman–Crippen LogP) is 2.51. The molecule has 0 bridgehead atoms. The molecule has 1 heterocycles. The summed E-state index contributed by atoms with van der Waals surface area (Å²) in [6.45, 7) is 14.1. The number of aliphatic imine (C=N–C) groups is 1. The number of guanidine groups is 1. The largest absolute Gasteiger partial charge is 0.357 e. The van der Waals surface area contributed by atoms with Crippen LogP contribution in [0.25, 0.3) is 0 Å². The Hall–Kier alpha value is -0.790. The molecule has 20 heavy (non-hydrogen) atoms. The second-order valence-electron chi connectivity index (χ2n) is 5.84. The van der Waals surface area contributed by atoms with Gasteiger partial charge in [0.15, 0.2) is 5.96 Å². The van der Waals surface area contributed by atoms with Gasteiger partial charge in [0.05, 0.1) is 12.2 Å². The average Bonchev–Trinajstić information content (AvgIpc) is 2.49. The summed E-state index contributed by atoms with van der Waals surface area (Å²) in [6.07, 6.45) is 0. The molecule has 0 radical (unpaired) electrons. The number of aryl methyl sites for hydroxylation is 2. The molecule has 0 saturated heterocycles. The standard InChI is InChI=1S/C14H27N5.HI/c1-8-15-13(17-14(4,5)6)16-9-12-10(2)18-19(7)11(12)3;/h8-9H2,1-7H3,(H2,15,16,17);1H. The summed E-state index contributed by atoms with van der Waals surface area (Å²) in [7, 11) is 1.97. The second-order valence-corrected chi connectivity index (χ2v) is 5.84. The molecule has 1 aromatic heterocycles. The number of hydrogen-bond donors (Lipinski definition) is 2. The third-order valence-corrected chi connectivity index (χ3v) is 2.89. The van der Waals surface area contributed by atoms with Gasteiger partial charge in [0.2, 0.25) is 0 Å². The highest BCUT2D eigenvalue weighted by Gasteiger charge is 2.13. The van der Waals surface area contributed by atoms with Gasteiger partial charge in [-0.3, -0.25) is 4.68 Å². The molecule has 0 unspecified atom stereocenters. The fraction of sp³-hybridized carbons (Fsp3) is 0.714. The van der Waals surface area contributed by atoms with Gasteiger partial charge in [0, 0.05) is 30.4 Å². The third kappa shape index (κ3) is 5.68. The number of nitrogens with zero attached hydrogens (tertiary/aromatic N) is 3. The molecule has 0 saturated carbocycles. The fourth-order valence-electron chi connectivity index (χ4n) is 1.87. The van der Waals surface area contributed by atoms with Crippen LogP contribution in [0.1, 0.15) is 44.6 Å². The molecule has 0 fully saturated rings. The minimum atomic E-state index is 0. The van der Waals surface area contributed by atoms with Crippen molar-refractivity contribution in [3.05, 3.63) is 17.0 Å². The van der Waals surface area contributed by atoms with E-state index >= 15 is 0 Å². The Morgan fingerprint density at radius 2 is 1.90 bits per heavy atom. The molecule has 116 valence electrons. The van der Waals surface area contributed by atoms with Crippen LogP contribution in [0.2, 0.25) is 0 Å². The number of halogens is 1. The van der Waals surface area contributed by atoms with Crippen LogP contribution in [0.15, 0.2) is 4.99 Å². The van der Waals surface area contributed by atoms with Crippen LogP contribution in [0.4, 0.5) is 0 Å². The molecule has 0 atom stereocenters. The Bertz CT molecular complexity index is 457. The summed E-state index contributed by atoms with van der Waals surface area (Å²) < 4.78 is 1.91. The normalized spacial score (nSPS) is 12.1. The maximum atomic E-state index is 4.65. The van der Waals surface area contributed by atoms with Crippen molar-refractivity contribution in [3.63, 3.8) is 0 Å². The molecule has 0 aliphatic rings. The van der Waals surface area contributed by atoms with Crippen molar-refractivity contribution in [2.45, 2.75) is 53.6 Å². The zero-order valence-corrected chi connectivity index (χ0v) is 16.0. The molecule has 1 aromatic rings. The van der Waals surface area contributed by atoms with Crippen LogP contribution in [-0.2, 0) is 13.6 Å². The van der Waals surface area contributed by atoms with Crippen LogP contribution in [0.3, 0.4) is 0 Å². The van der Waals surface area contributed by atoms with Gasteiger partial charge in [0.25, 0.3) is 0 Å². The average molecular weight is 393 g/mol. The first-order chi connectivity index (χ1) is 8.74. The first-order valence-electron chi connectivity index (χ1n) is 6.80. The molecular formula is C14H28IN5. The minimum Gasteiger partial charge on any atom is -0.357 e. The molecule has 0 aromatic carbocycles. The minimum absolute atomic E-state index is 0. The smallest absolute Gasteiger partial charge is 0.191 e. The first-order valence-corrected chi connectivity index (χ1v) is 6.80.